The second-order valence-electron chi connectivity index (χ2n) is 6.24. The summed E-state index contributed by atoms with van der Waals surface area (Å²) in [5, 5.41) is 11.7. The normalized spacial score (nSPS) is 20.4. The van der Waals surface area contributed by atoms with Gasteiger partial charge in [0.1, 0.15) is 6.04 Å². The second kappa shape index (κ2) is 7.11. The Balaban J connectivity index is 2.10. The maximum atomic E-state index is 11.9. The first-order valence-corrected chi connectivity index (χ1v) is 11.0. The summed E-state index contributed by atoms with van der Waals surface area (Å²) in [7, 11) is 0. The number of benzene rings is 2. The molecule has 3 rings (SSSR count). The molecular formula is C19H20NO3PS. The van der Waals surface area contributed by atoms with Gasteiger partial charge in [0, 0.05) is 25.2 Å². The number of carboxylic acids is 1. The third-order valence-corrected chi connectivity index (χ3v) is 10.5. The molecule has 130 valence electrons. The van der Waals surface area contributed by atoms with Gasteiger partial charge in [0.2, 0.25) is 5.91 Å². The minimum Gasteiger partial charge on any atom is -0.480 e. The van der Waals surface area contributed by atoms with Crippen LogP contribution in [-0.4, -0.2) is 40.1 Å². The molecule has 2 atom stereocenters. The Kier molecular flexibility index (Phi) is 5.07. The lowest BCUT2D eigenvalue weighted by Crippen LogP contribution is -2.39. The number of carbonyl (C=O) groups is 2. The molecule has 4 nitrogen and oxygen atoms in total. The maximum Gasteiger partial charge on any atom is 0.326 e. The summed E-state index contributed by atoms with van der Waals surface area (Å²) in [6.45, 7) is 1.82. The summed E-state index contributed by atoms with van der Waals surface area (Å²) in [4.78, 5) is 25.1. The lowest BCUT2D eigenvalue weighted by molar-refractivity contribution is -0.147. The maximum absolute atomic E-state index is 11.9. The van der Waals surface area contributed by atoms with Gasteiger partial charge in [0.25, 0.3) is 0 Å². The molecule has 1 amide bonds. The number of rotatable bonds is 4. The molecule has 0 unspecified atom stereocenters. The molecule has 0 spiro atoms. The number of likely N-dealkylation sites (tertiary alicyclic amines) is 1. The van der Waals surface area contributed by atoms with Crippen molar-refractivity contribution < 1.29 is 14.7 Å². The van der Waals surface area contributed by atoms with E-state index in [2.05, 4.69) is 0 Å². The Bertz CT molecular complexity index is 760. The Labute approximate surface area is 152 Å². The van der Waals surface area contributed by atoms with Crippen LogP contribution in [0.15, 0.2) is 60.7 Å². The van der Waals surface area contributed by atoms with Crippen LogP contribution in [0.1, 0.15) is 13.3 Å². The predicted octanol–water partition coefficient (Wildman–Crippen LogP) is 2.19. The smallest absolute Gasteiger partial charge is 0.326 e. The van der Waals surface area contributed by atoms with Gasteiger partial charge in [-0.2, -0.15) is 0 Å². The van der Waals surface area contributed by atoms with E-state index >= 15 is 0 Å². The van der Waals surface area contributed by atoms with Crippen molar-refractivity contribution >= 4 is 40.3 Å². The minimum absolute atomic E-state index is 0.0442. The number of nitrogens with zero attached hydrogens (tertiary/aromatic N) is 1. The average molecular weight is 373 g/mol. The molecule has 0 radical (unpaired) electrons. The van der Waals surface area contributed by atoms with E-state index in [0.717, 1.165) is 10.6 Å². The molecule has 1 fully saturated rings. The Morgan fingerprint density at radius 2 is 1.52 bits per heavy atom. The third kappa shape index (κ3) is 3.26. The minimum atomic E-state index is -2.25. The van der Waals surface area contributed by atoms with Crippen molar-refractivity contribution in [3.63, 3.8) is 0 Å². The molecule has 1 saturated heterocycles. The molecule has 0 bridgehead atoms. The zero-order chi connectivity index (χ0) is 18.0. The van der Waals surface area contributed by atoms with Crippen molar-refractivity contribution in [2.45, 2.75) is 25.0 Å². The molecule has 6 heteroatoms. The van der Waals surface area contributed by atoms with E-state index in [1.165, 1.54) is 11.8 Å². The SMILES string of the molecule is CC(=O)N1C[C@@H](P(=S)(c2ccccc2)c2ccccc2)C[C@H]1C(=O)O. The van der Waals surface area contributed by atoms with Gasteiger partial charge in [0.05, 0.1) is 0 Å². The van der Waals surface area contributed by atoms with Crippen molar-refractivity contribution in [3.05, 3.63) is 60.7 Å². The van der Waals surface area contributed by atoms with Crippen molar-refractivity contribution in [1.82, 2.24) is 4.90 Å². The molecule has 0 saturated carbocycles. The number of carbonyl (C=O) groups excluding carboxylic acids is 1. The van der Waals surface area contributed by atoms with E-state index in [-0.39, 0.29) is 11.6 Å². The van der Waals surface area contributed by atoms with E-state index in [4.69, 9.17) is 11.8 Å². The predicted molar refractivity (Wildman–Crippen MR) is 104 cm³/mol. The van der Waals surface area contributed by atoms with Crippen molar-refractivity contribution in [2.75, 3.05) is 6.54 Å². The average Bonchev–Trinajstić information content (AvgIpc) is 3.09. The molecule has 25 heavy (non-hydrogen) atoms. The number of hydrogen-bond donors (Lipinski definition) is 1. The topological polar surface area (TPSA) is 57.6 Å². The first-order chi connectivity index (χ1) is 11.9. The van der Waals surface area contributed by atoms with Crippen molar-refractivity contribution in [3.8, 4) is 0 Å². The third-order valence-electron chi connectivity index (χ3n) is 4.76. The number of carboxylic acid groups (broad SMARTS) is 1. The largest absolute Gasteiger partial charge is 0.480 e. The van der Waals surface area contributed by atoms with E-state index in [1.807, 2.05) is 60.7 Å². The summed E-state index contributed by atoms with van der Waals surface area (Å²) in [5.41, 5.74) is -0.0442. The molecule has 0 aliphatic carbocycles. The van der Waals surface area contributed by atoms with Gasteiger partial charge in [-0.3, -0.25) is 4.79 Å². The highest BCUT2D eigenvalue weighted by Crippen LogP contribution is 2.53. The van der Waals surface area contributed by atoms with E-state index in [9.17, 15) is 14.7 Å². The fourth-order valence-corrected chi connectivity index (χ4v) is 7.99. The van der Waals surface area contributed by atoms with Crippen molar-refractivity contribution in [2.24, 2.45) is 0 Å². The van der Waals surface area contributed by atoms with Crippen LogP contribution >= 0.6 is 6.04 Å². The molecule has 2 aromatic rings. The van der Waals surface area contributed by atoms with E-state index in [0.29, 0.717) is 13.0 Å². The summed E-state index contributed by atoms with van der Waals surface area (Å²) in [6.07, 6.45) is 0.399. The summed E-state index contributed by atoms with van der Waals surface area (Å²) < 4.78 is 0. The fourth-order valence-electron chi connectivity index (χ4n) is 3.53. The molecule has 1 N–H and O–H groups in total. The van der Waals surface area contributed by atoms with Crippen LogP contribution in [0.25, 0.3) is 0 Å². The first-order valence-electron chi connectivity index (χ1n) is 8.15. The zero-order valence-electron chi connectivity index (χ0n) is 13.9. The summed E-state index contributed by atoms with van der Waals surface area (Å²) in [6, 6.07) is 16.8. The van der Waals surface area contributed by atoms with Gasteiger partial charge < -0.3 is 10.0 Å². The highest BCUT2D eigenvalue weighted by atomic mass is 32.4. The quantitative estimate of drug-likeness (QED) is 0.835. The zero-order valence-corrected chi connectivity index (χ0v) is 15.6. The highest BCUT2D eigenvalue weighted by molar-refractivity contribution is 8.22. The van der Waals surface area contributed by atoms with Gasteiger partial charge in [-0.25, -0.2) is 4.79 Å². The molecule has 1 aliphatic heterocycles. The Hall–Kier alpha value is -1.97. The van der Waals surface area contributed by atoms with Crippen LogP contribution in [-0.2, 0) is 21.4 Å². The van der Waals surface area contributed by atoms with Gasteiger partial charge >= 0.3 is 5.97 Å². The van der Waals surface area contributed by atoms with Crippen LogP contribution < -0.4 is 10.6 Å². The van der Waals surface area contributed by atoms with E-state index < -0.39 is 18.0 Å². The monoisotopic (exact) mass is 373 g/mol. The Morgan fingerprint density at radius 1 is 1.04 bits per heavy atom. The first kappa shape index (κ1) is 17.8. The molecule has 1 heterocycles. The molecule has 1 aliphatic rings. The number of amides is 1. The lowest BCUT2D eigenvalue weighted by Gasteiger charge is -2.29. The van der Waals surface area contributed by atoms with E-state index in [1.54, 1.807) is 0 Å². The molecule has 2 aromatic carbocycles. The highest BCUT2D eigenvalue weighted by Gasteiger charge is 2.45. The summed E-state index contributed by atoms with van der Waals surface area (Å²) in [5.74, 6) is -1.17. The van der Waals surface area contributed by atoms with Gasteiger partial charge in [0.15, 0.2) is 0 Å². The lowest BCUT2D eigenvalue weighted by atomic mass is 10.2. The van der Waals surface area contributed by atoms with Crippen LogP contribution in [0.2, 0.25) is 0 Å². The summed E-state index contributed by atoms with van der Waals surface area (Å²) >= 11 is 6.25. The second-order valence-corrected chi connectivity index (χ2v) is 11.1. The molecule has 0 aromatic heterocycles. The standard InChI is InChI=1S/C19H20NO3PS/c1-14(21)20-13-17(12-18(20)19(22)23)24(25,15-8-4-2-5-9-15)16-10-6-3-7-11-16/h2-11,17-18H,12-13H2,1H3,(H,22,23)/t17-,18-/m0/s1. The molecular weight excluding hydrogens is 353 g/mol. The number of hydrogen-bond acceptors (Lipinski definition) is 3. The van der Waals surface area contributed by atoms with Crippen LogP contribution in [0.5, 0.6) is 0 Å². The van der Waals surface area contributed by atoms with Crippen LogP contribution in [0.3, 0.4) is 0 Å². The fraction of sp³-hybridized carbons (Fsp3) is 0.263. The van der Waals surface area contributed by atoms with Crippen LogP contribution in [0.4, 0.5) is 0 Å². The Morgan fingerprint density at radius 3 is 1.88 bits per heavy atom. The van der Waals surface area contributed by atoms with Gasteiger partial charge in [-0.1, -0.05) is 72.5 Å². The van der Waals surface area contributed by atoms with Gasteiger partial charge in [-0.05, 0) is 17.0 Å². The van der Waals surface area contributed by atoms with Crippen LogP contribution in [0, 0.1) is 0 Å². The number of aliphatic carboxylic acids is 1. The van der Waals surface area contributed by atoms with Crippen molar-refractivity contribution in [1.29, 1.82) is 0 Å². The van der Waals surface area contributed by atoms with Gasteiger partial charge in [-0.15, -0.1) is 0 Å².